The van der Waals surface area contributed by atoms with Crippen molar-refractivity contribution in [1.82, 2.24) is 15.2 Å². The van der Waals surface area contributed by atoms with Crippen LogP contribution in [0.3, 0.4) is 0 Å². The fourth-order valence-corrected chi connectivity index (χ4v) is 6.24. The number of nitriles is 1. The van der Waals surface area contributed by atoms with Gasteiger partial charge in [-0.3, -0.25) is 14.4 Å². The summed E-state index contributed by atoms with van der Waals surface area (Å²) in [5, 5.41) is 13.8. The van der Waals surface area contributed by atoms with Crippen LogP contribution in [0.1, 0.15) is 50.0 Å². The van der Waals surface area contributed by atoms with Gasteiger partial charge in [0, 0.05) is 34.8 Å². The van der Waals surface area contributed by atoms with E-state index in [0.29, 0.717) is 30.1 Å². The van der Waals surface area contributed by atoms with E-state index in [4.69, 9.17) is 11.6 Å². The molecule has 3 aliphatic rings. The first-order valence-corrected chi connectivity index (χ1v) is 11.9. The highest BCUT2D eigenvalue weighted by Crippen LogP contribution is 2.65. The van der Waals surface area contributed by atoms with Crippen LogP contribution < -0.4 is 5.32 Å². The predicted octanol–water partition coefficient (Wildman–Crippen LogP) is 3.69. The minimum atomic E-state index is -0.741. The minimum absolute atomic E-state index is 0.0356. The number of nitrogens with zero attached hydrogens (tertiary/aromatic N) is 2. The van der Waals surface area contributed by atoms with Crippen LogP contribution in [0.25, 0.3) is 10.9 Å². The molecule has 5 atom stereocenters. The first kappa shape index (κ1) is 22.0. The summed E-state index contributed by atoms with van der Waals surface area (Å²) in [6.45, 7) is 4.73. The average molecular weight is 467 g/mol. The van der Waals surface area contributed by atoms with Gasteiger partial charge in [-0.15, -0.1) is 0 Å². The molecule has 0 spiro atoms. The van der Waals surface area contributed by atoms with Crippen molar-refractivity contribution in [1.29, 1.82) is 5.26 Å². The predicted molar refractivity (Wildman–Crippen MR) is 123 cm³/mol. The summed E-state index contributed by atoms with van der Waals surface area (Å²) in [7, 11) is 0. The molecule has 1 aromatic heterocycles. The lowest BCUT2D eigenvalue weighted by Gasteiger charge is -2.30. The van der Waals surface area contributed by atoms with Crippen LogP contribution >= 0.6 is 11.6 Å². The second-order valence-corrected chi connectivity index (χ2v) is 10.6. The van der Waals surface area contributed by atoms with Crippen molar-refractivity contribution in [2.75, 3.05) is 6.54 Å². The number of fused-ring (bicyclic) bond motifs is 2. The Morgan fingerprint density at radius 1 is 1.39 bits per heavy atom. The van der Waals surface area contributed by atoms with Gasteiger partial charge in [0.25, 0.3) is 5.91 Å². The molecule has 2 aromatic rings. The van der Waals surface area contributed by atoms with E-state index in [1.165, 1.54) is 0 Å². The fourth-order valence-electron chi connectivity index (χ4n) is 6.01. The second kappa shape index (κ2) is 7.88. The molecular formula is C25H27ClN4O3. The Morgan fingerprint density at radius 3 is 2.85 bits per heavy atom. The lowest BCUT2D eigenvalue weighted by atomic mass is 9.96. The lowest BCUT2D eigenvalue weighted by Crippen LogP contribution is -2.52. The third-order valence-electron chi connectivity index (χ3n) is 8.00. The van der Waals surface area contributed by atoms with Crippen molar-refractivity contribution < 1.29 is 14.4 Å². The monoisotopic (exact) mass is 466 g/mol. The molecule has 33 heavy (non-hydrogen) atoms. The van der Waals surface area contributed by atoms with E-state index in [1.54, 1.807) is 17.0 Å². The summed E-state index contributed by atoms with van der Waals surface area (Å²) in [6.07, 6.45) is 2.49. The number of amides is 2. The molecule has 1 aromatic carbocycles. The number of hydrogen-bond donors (Lipinski definition) is 2. The highest BCUT2D eigenvalue weighted by atomic mass is 35.5. The molecule has 2 heterocycles. The number of ketones is 1. The summed E-state index contributed by atoms with van der Waals surface area (Å²) < 4.78 is 0. The van der Waals surface area contributed by atoms with E-state index in [2.05, 4.69) is 30.2 Å². The number of hydrogen-bond acceptors (Lipinski definition) is 4. The van der Waals surface area contributed by atoms with Gasteiger partial charge >= 0.3 is 0 Å². The van der Waals surface area contributed by atoms with E-state index in [9.17, 15) is 19.6 Å². The third kappa shape index (κ3) is 3.61. The van der Waals surface area contributed by atoms with Gasteiger partial charge < -0.3 is 15.2 Å². The Hall–Kier alpha value is -2.85. The van der Waals surface area contributed by atoms with E-state index >= 15 is 0 Å². The SMILES string of the molecule is CC1(C)[C@@H]2[C@@H](C(=O)N[C@H](C#N)C[C@@H]3CCCC3=O)N(C(=O)c3cc4c(Cl)cccc4[nH]3)C[C@@H]21. The number of carbonyl (C=O) groups is 3. The molecule has 1 saturated heterocycles. The number of benzene rings is 1. The molecule has 0 unspecified atom stereocenters. The number of likely N-dealkylation sites (tertiary alicyclic amines) is 1. The number of carbonyl (C=O) groups excluding carboxylic acids is 3. The van der Waals surface area contributed by atoms with Gasteiger partial charge in [0.05, 0.1) is 6.07 Å². The number of piperidine rings is 1. The average Bonchev–Trinajstić information content (AvgIpc) is 3.30. The number of rotatable bonds is 5. The Morgan fingerprint density at radius 2 is 2.18 bits per heavy atom. The topological polar surface area (TPSA) is 106 Å². The van der Waals surface area contributed by atoms with Crippen LogP contribution in [0.5, 0.6) is 0 Å². The maximum Gasteiger partial charge on any atom is 0.271 e. The van der Waals surface area contributed by atoms with Crippen molar-refractivity contribution in [3.63, 3.8) is 0 Å². The van der Waals surface area contributed by atoms with E-state index in [0.717, 1.165) is 23.7 Å². The maximum absolute atomic E-state index is 13.5. The smallest absolute Gasteiger partial charge is 0.271 e. The summed E-state index contributed by atoms with van der Waals surface area (Å²) >= 11 is 6.27. The molecule has 0 radical (unpaired) electrons. The molecule has 1 aliphatic heterocycles. The zero-order valence-corrected chi connectivity index (χ0v) is 19.5. The van der Waals surface area contributed by atoms with Gasteiger partial charge in [-0.2, -0.15) is 5.26 Å². The van der Waals surface area contributed by atoms with E-state index < -0.39 is 12.1 Å². The van der Waals surface area contributed by atoms with Crippen LogP contribution in [0.2, 0.25) is 5.02 Å². The largest absolute Gasteiger partial charge is 0.350 e. The minimum Gasteiger partial charge on any atom is -0.350 e. The zero-order valence-electron chi connectivity index (χ0n) is 18.7. The summed E-state index contributed by atoms with van der Waals surface area (Å²) in [6, 6.07) is 7.93. The molecule has 172 valence electrons. The van der Waals surface area contributed by atoms with Crippen molar-refractivity contribution >= 4 is 40.1 Å². The molecular weight excluding hydrogens is 440 g/mol. The first-order valence-electron chi connectivity index (χ1n) is 11.5. The van der Waals surface area contributed by atoms with E-state index in [-0.39, 0.29) is 40.8 Å². The van der Waals surface area contributed by atoms with Crippen molar-refractivity contribution in [2.45, 2.75) is 51.6 Å². The number of halogens is 1. The summed E-state index contributed by atoms with van der Waals surface area (Å²) in [5.41, 5.74) is 1.12. The number of aromatic amines is 1. The zero-order chi connectivity index (χ0) is 23.5. The number of aromatic nitrogens is 1. The normalized spacial score (nSPS) is 28.4. The molecule has 8 heteroatoms. The molecule has 2 saturated carbocycles. The third-order valence-corrected chi connectivity index (χ3v) is 8.33. The Labute approximate surface area is 197 Å². The molecule has 2 N–H and O–H groups in total. The maximum atomic E-state index is 13.5. The van der Waals surface area contributed by atoms with Gasteiger partial charge in [0.2, 0.25) is 5.91 Å². The lowest BCUT2D eigenvalue weighted by molar-refractivity contribution is -0.127. The molecule has 7 nitrogen and oxygen atoms in total. The van der Waals surface area contributed by atoms with Gasteiger partial charge in [0.1, 0.15) is 23.6 Å². The number of H-pyrrole nitrogens is 1. The summed E-state index contributed by atoms with van der Waals surface area (Å²) in [4.78, 5) is 43.6. The van der Waals surface area contributed by atoms with Gasteiger partial charge in [-0.05, 0) is 54.7 Å². The van der Waals surface area contributed by atoms with Crippen LogP contribution in [-0.4, -0.2) is 46.1 Å². The van der Waals surface area contributed by atoms with Crippen molar-refractivity contribution in [2.24, 2.45) is 23.2 Å². The van der Waals surface area contributed by atoms with E-state index in [1.807, 2.05) is 12.1 Å². The van der Waals surface area contributed by atoms with Crippen LogP contribution in [0.15, 0.2) is 24.3 Å². The number of Topliss-reactive ketones (excluding diaryl/α,β-unsaturated/α-hetero) is 1. The molecule has 2 aliphatic carbocycles. The number of nitrogens with one attached hydrogen (secondary N) is 2. The molecule has 5 rings (SSSR count). The van der Waals surface area contributed by atoms with Crippen molar-refractivity contribution in [3.8, 4) is 6.07 Å². The van der Waals surface area contributed by atoms with Gasteiger partial charge in [-0.1, -0.05) is 31.5 Å². The molecule has 0 bridgehead atoms. The van der Waals surface area contributed by atoms with Crippen molar-refractivity contribution in [3.05, 3.63) is 35.0 Å². The first-order chi connectivity index (χ1) is 15.7. The van der Waals surface area contributed by atoms with Crippen LogP contribution in [0.4, 0.5) is 0 Å². The molecule has 3 fully saturated rings. The van der Waals surface area contributed by atoms with Crippen LogP contribution in [-0.2, 0) is 9.59 Å². The van der Waals surface area contributed by atoms with Gasteiger partial charge in [-0.25, -0.2) is 0 Å². The summed E-state index contributed by atoms with van der Waals surface area (Å²) in [5.74, 6) is -0.276. The standard InChI is InChI=1S/C25H27ClN4O3/c1-25(2)16-12-30(24(33)19-10-15-17(26)6-4-7-18(15)29-19)22(21(16)25)23(32)28-14(11-27)9-13-5-3-8-20(13)31/h4,6-7,10,13-14,16,21-22,29H,3,5,8-9,12H2,1-2H3,(H,28,32)/t13-,14-,16-,21-,22-/m0/s1. The Balaban J connectivity index is 1.37. The molecule has 2 amide bonds. The Bertz CT molecular complexity index is 1200. The highest BCUT2D eigenvalue weighted by Gasteiger charge is 2.69. The van der Waals surface area contributed by atoms with Gasteiger partial charge in [0.15, 0.2) is 0 Å². The fraction of sp³-hybridized carbons (Fsp3) is 0.520. The highest BCUT2D eigenvalue weighted by molar-refractivity contribution is 6.35. The Kier molecular flexibility index (Phi) is 5.24. The van der Waals surface area contributed by atoms with Crippen LogP contribution in [0, 0.1) is 34.5 Å². The quantitative estimate of drug-likeness (QED) is 0.700. The second-order valence-electron chi connectivity index (χ2n) is 10.2.